The van der Waals surface area contributed by atoms with Gasteiger partial charge in [0, 0.05) is 0 Å². The van der Waals surface area contributed by atoms with Crippen molar-refractivity contribution in [2.75, 3.05) is 6.61 Å². The van der Waals surface area contributed by atoms with Crippen LogP contribution in [0.2, 0.25) is 0 Å². The molecule has 0 spiro atoms. The van der Waals surface area contributed by atoms with Crippen LogP contribution in [0.3, 0.4) is 0 Å². The molecule has 0 aliphatic rings. The number of hydrogen-bond acceptors (Lipinski definition) is 4. The summed E-state index contributed by atoms with van der Waals surface area (Å²) >= 11 is 0. The summed E-state index contributed by atoms with van der Waals surface area (Å²) in [6.45, 7) is 4.99. The molecule has 0 aliphatic carbocycles. The molecule has 0 aliphatic heterocycles. The van der Waals surface area contributed by atoms with Crippen molar-refractivity contribution in [2.24, 2.45) is 5.92 Å². The fourth-order valence-electron chi connectivity index (χ4n) is 1.11. The van der Waals surface area contributed by atoms with Crippen molar-refractivity contribution in [3.05, 3.63) is 0 Å². The third-order valence-electron chi connectivity index (χ3n) is 1.88. The zero-order chi connectivity index (χ0) is 10.5. The molecular formula is C9H15NO3. The Morgan fingerprint density at radius 3 is 2.54 bits per heavy atom. The predicted octanol–water partition coefficient (Wildman–Crippen LogP) is 0.850. The highest BCUT2D eigenvalue weighted by Crippen LogP contribution is 2.21. The number of carbonyl (C=O) groups is 1. The monoisotopic (exact) mass is 185 g/mol. The maximum absolute atomic E-state index is 11.2. The summed E-state index contributed by atoms with van der Waals surface area (Å²) in [5, 5.41) is 18.1. The lowest BCUT2D eigenvalue weighted by Crippen LogP contribution is -2.38. The molecule has 0 fully saturated rings. The van der Waals surface area contributed by atoms with Crippen molar-refractivity contribution in [2.45, 2.75) is 32.8 Å². The first kappa shape index (κ1) is 11.9. The fraction of sp³-hybridized carbons (Fsp3) is 0.778. The van der Waals surface area contributed by atoms with Crippen LogP contribution in [0.25, 0.3) is 0 Å². The molecule has 0 aromatic heterocycles. The zero-order valence-electron chi connectivity index (χ0n) is 8.20. The molecule has 2 unspecified atom stereocenters. The summed E-state index contributed by atoms with van der Waals surface area (Å²) in [6, 6.07) is 1.69. The molecule has 0 aromatic rings. The van der Waals surface area contributed by atoms with Gasteiger partial charge in [0.2, 0.25) is 0 Å². The average Bonchev–Trinajstić information content (AvgIpc) is 2.05. The minimum Gasteiger partial charge on any atom is -0.466 e. The smallest absolute Gasteiger partial charge is 0.312 e. The lowest BCUT2D eigenvalue weighted by molar-refractivity contribution is -0.154. The van der Waals surface area contributed by atoms with Gasteiger partial charge in [-0.25, -0.2) is 0 Å². The molecule has 13 heavy (non-hydrogen) atoms. The number of hydrogen-bond donors (Lipinski definition) is 1. The van der Waals surface area contributed by atoms with E-state index in [9.17, 15) is 9.90 Å². The van der Waals surface area contributed by atoms with Gasteiger partial charge in [-0.2, -0.15) is 5.26 Å². The molecule has 4 heteroatoms. The number of aliphatic hydroxyl groups is 1. The Morgan fingerprint density at radius 2 is 2.23 bits per heavy atom. The summed E-state index contributed by atoms with van der Waals surface area (Å²) in [4.78, 5) is 11.2. The van der Waals surface area contributed by atoms with Crippen LogP contribution in [0.15, 0.2) is 0 Å². The fourth-order valence-corrected chi connectivity index (χ4v) is 1.11. The van der Waals surface area contributed by atoms with E-state index in [1.807, 2.05) is 0 Å². The number of rotatable bonds is 4. The average molecular weight is 185 g/mol. The van der Waals surface area contributed by atoms with E-state index in [1.165, 1.54) is 6.92 Å². The molecule has 74 valence electrons. The largest absolute Gasteiger partial charge is 0.466 e. The molecule has 0 aromatic carbocycles. The highest BCUT2D eigenvalue weighted by Gasteiger charge is 2.37. The third-order valence-corrected chi connectivity index (χ3v) is 1.88. The van der Waals surface area contributed by atoms with Crippen LogP contribution in [0.4, 0.5) is 0 Å². The Hall–Kier alpha value is -1.08. The van der Waals surface area contributed by atoms with Crippen molar-refractivity contribution >= 4 is 5.97 Å². The number of ether oxygens (including phenoxy) is 1. The zero-order valence-corrected chi connectivity index (χ0v) is 8.20. The first-order chi connectivity index (χ1) is 5.99. The second kappa shape index (κ2) is 4.83. The van der Waals surface area contributed by atoms with Crippen molar-refractivity contribution in [3.63, 3.8) is 0 Å². The molecule has 0 saturated heterocycles. The summed E-state index contributed by atoms with van der Waals surface area (Å²) < 4.78 is 4.73. The quantitative estimate of drug-likeness (QED) is 0.520. The Kier molecular flexibility index (Phi) is 4.43. The number of esters is 1. The molecule has 2 atom stereocenters. The molecular weight excluding hydrogens is 170 g/mol. The normalized spacial score (nSPS) is 16.8. The molecule has 0 bridgehead atoms. The van der Waals surface area contributed by atoms with Crippen LogP contribution < -0.4 is 0 Å². The lowest BCUT2D eigenvalue weighted by Gasteiger charge is -2.23. The van der Waals surface area contributed by atoms with E-state index in [1.54, 1.807) is 19.9 Å². The van der Waals surface area contributed by atoms with Gasteiger partial charge in [0.15, 0.2) is 5.60 Å². The third kappa shape index (κ3) is 3.03. The Balaban J connectivity index is 4.52. The van der Waals surface area contributed by atoms with Gasteiger partial charge in [0.05, 0.1) is 18.6 Å². The van der Waals surface area contributed by atoms with E-state index in [4.69, 9.17) is 10.00 Å². The maximum Gasteiger partial charge on any atom is 0.312 e. The van der Waals surface area contributed by atoms with E-state index in [0.29, 0.717) is 6.42 Å². The summed E-state index contributed by atoms with van der Waals surface area (Å²) in [7, 11) is 0. The van der Waals surface area contributed by atoms with Gasteiger partial charge in [-0.3, -0.25) is 4.79 Å². The van der Waals surface area contributed by atoms with Crippen LogP contribution >= 0.6 is 0 Å². The van der Waals surface area contributed by atoms with Crippen molar-refractivity contribution in [1.82, 2.24) is 0 Å². The molecule has 0 amide bonds. The minimum atomic E-state index is -1.64. The number of nitriles is 1. The lowest BCUT2D eigenvalue weighted by atomic mass is 9.88. The first-order valence-electron chi connectivity index (χ1n) is 4.29. The van der Waals surface area contributed by atoms with Gasteiger partial charge >= 0.3 is 5.97 Å². The van der Waals surface area contributed by atoms with Crippen molar-refractivity contribution < 1.29 is 14.6 Å². The van der Waals surface area contributed by atoms with Gasteiger partial charge in [-0.1, -0.05) is 6.92 Å². The standard InChI is InChI=1S/C9H15NO3/c1-4-7(8(11)13-5-2)9(3,12)6-10/h7,12H,4-5H2,1-3H3. The molecule has 0 radical (unpaired) electrons. The highest BCUT2D eigenvalue weighted by molar-refractivity contribution is 5.74. The van der Waals surface area contributed by atoms with Gasteiger partial charge < -0.3 is 9.84 Å². The molecule has 0 rings (SSSR count). The number of nitrogens with zero attached hydrogens (tertiary/aromatic N) is 1. The molecule has 1 N–H and O–H groups in total. The van der Waals surface area contributed by atoms with E-state index >= 15 is 0 Å². The van der Waals surface area contributed by atoms with Crippen LogP contribution in [0, 0.1) is 17.2 Å². The van der Waals surface area contributed by atoms with Crippen LogP contribution in [-0.4, -0.2) is 23.3 Å². The summed E-state index contributed by atoms with van der Waals surface area (Å²) in [6.07, 6.45) is 0.388. The van der Waals surface area contributed by atoms with Gasteiger partial charge in [0.25, 0.3) is 0 Å². The topological polar surface area (TPSA) is 70.3 Å². The van der Waals surface area contributed by atoms with E-state index in [0.717, 1.165) is 0 Å². The second-order valence-electron chi connectivity index (χ2n) is 2.97. The highest BCUT2D eigenvalue weighted by atomic mass is 16.5. The van der Waals surface area contributed by atoms with Crippen molar-refractivity contribution in [1.29, 1.82) is 5.26 Å². The SMILES string of the molecule is CCOC(=O)C(CC)C(C)(O)C#N. The van der Waals surface area contributed by atoms with E-state index in [-0.39, 0.29) is 6.61 Å². The molecule has 0 saturated carbocycles. The predicted molar refractivity (Wildman–Crippen MR) is 46.7 cm³/mol. The number of carbonyl (C=O) groups excluding carboxylic acids is 1. The Morgan fingerprint density at radius 1 is 1.69 bits per heavy atom. The van der Waals surface area contributed by atoms with Crippen LogP contribution in [-0.2, 0) is 9.53 Å². The maximum atomic E-state index is 11.2. The Labute approximate surface area is 78.1 Å². The van der Waals surface area contributed by atoms with Crippen LogP contribution in [0.5, 0.6) is 0 Å². The van der Waals surface area contributed by atoms with Crippen molar-refractivity contribution in [3.8, 4) is 6.07 Å². The summed E-state index contributed by atoms with van der Waals surface area (Å²) in [5.74, 6) is -1.28. The van der Waals surface area contributed by atoms with Crippen LogP contribution in [0.1, 0.15) is 27.2 Å². The molecule has 4 nitrogen and oxygen atoms in total. The van der Waals surface area contributed by atoms with Gasteiger partial charge in [0.1, 0.15) is 0 Å². The van der Waals surface area contributed by atoms with Gasteiger partial charge in [-0.15, -0.1) is 0 Å². The summed E-state index contributed by atoms with van der Waals surface area (Å²) in [5.41, 5.74) is -1.64. The van der Waals surface area contributed by atoms with E-state index in [2.05, 4.69) is 0 Å². The minimum absolute atomic E-state index is 0.261. The Bertz CT molecular complexity index is 217. The second-order valence-corrected chi connectivity index (χ2v) is 2.97. The molecule has 0 heterocycles. The first-order valence-corrected chi connectivity index (χ1v) is 4.29. The van der Waals surface area contributed by atoms with Gasteiger partial charge in [-0.05, 0) is 20.3 Å². The van der Waals surface area contributed by atoms with E-state index < -0.39 is 17.5 Å².